The molecule has 5 rings (SSSR count). The number of rotatable bonds is 7. The standard InChI is InChI=1S/C26H36N6O/c1-4-24(25-28-29-30-32(25)22-11-7-8-12-22)31(21-9-5-6-10-21)16-20-15-19-13-17(2)18(3)14-23(19)27-26(20)33/h13-15,21-22,24H,4-12,16H2,1-3H3,(H,27,33). The maximum absolute atomic E-state index is 13.1. The number of nitrogens with zero attached hydrogens (tertiary/aromatic N) is 5. The average Bonchev–Trinajstić information content (AvgIpc) is 3.57. The molecule has 0 saturated heterocycles. The third-order valence-electron chi connectivity index (χ3n) is 7.96. The molecule has 0 aliphatic heterocycles. The summed E-state index contributed by atoms with van der Waals surface area (Å²) in [5.41, 5.74) is 4.20. The Morgan fingerprint density at radius 3 is 2.48 bits per heavy atom. The van der Waals surface area contributed by atoms with Crippen molar-refractivity contribution in [1.82, 2.24) is 30.1 Å². The molecule has 7 heteroatoms. The molecule has 2 fully saturated rings. The van der Waals surface area contributed by atoms with Gasteiger partial charge in [0.25, 0.3) is 5.56 Å². The number of aromatic amines is 1. The number of hydrogen-bond donors (Lipinski definition) is 1. The van der Waals surface area contributed by atoms with Crippen LogP contribution in [0.5, 0.6) is 0 Å². The zero-order valence-corrected chi connectivity index (χ0v) is 20.2. The van der Waals surface area contributed by atoms with Crippen molar-refractivity contribution in [2.75, 3.05) is 0 Å². The molecule has 1 aromatic carbocycles. The Balaban J connectivity index is 1.52. The Bertz CT molecular complexity index is 1170. The molecule has 2 aliphatic carbocycles. The molecule has 2 aliphatic rings. The van der Waals surface area contributed by atoms with Crippen LogP contribution in [0.1, 0.15) is 99.3 Å². The van der Waals surface area contributed by atoms with E-state index in [0.717, 1.165) is 41.6 Å². The van der Waals surface area contributed by atoms with Crippen LogP contribution in [0.4, 0.5) is 0 Å². The van der Waals surface area contributed by atoms with Crippen molar-refractivity contribution in [2.24, 2.45) is 0 Å². The molecule has 3 aromatic rings. The van der Waals surface area contributed by atoms with E-state index in [9.17, 15) is 4.79 Å². The first-order valence-electron chi connectivity index (χ1n) is 12.7. The Labute approximate surface area is 195 Å². The first-order valence-corrected chi connectivity index (χ1v) is 12.7. The van der Waals surface area contributed by atoms with E-state index in [1.807, 2.05) is 0 Å². The lowest BCUT2D eigenvalue weighted by Crippen LogP contribution is -2.39. The van der Waals surface area contributed by atoms with Crippen molar-refractivity contribution in [1.29, 1.82) is 0 Å². The maximum Gasteiger partial charge on any atom is 0.252 e. The van der Waals surface area contributed by atoms with Crippen molar-refractivity contribution >= 4 is 10.9 Å². The van der Waals surface area contributed by atoms with Crippen molar-refractivity contribution in [3.63, 3.8) is 0 Å². The summed E-state index contributed by atoms with van der Waals surface area (Å²) in [4.78, 5) is 18.8. The second kappa shape index (κ2) is 9.37. The van der Waals surface area contributed by atoms with Crippen LogP contribution in [0.3, 0.4) is 0 Å². The summed E-state index contributed by atoms with van der Waals surface area (Å²) in [7, 11) is 0. The maximum atomic E-state index is 13.1. The minimum atomic E-state index is 0.0130. The number of H-pyrrole nitrogens is 1. The Morgan fingerprint density at radius 1 is 1.06 bits per heavy atom. The van der Waals surface area contributed by atoms with Crippen molar-refractivity contribution in [2.45, 2.75) is 103 Å². The molecule has 0 radical (unpaired) electrons. The third kappa shape index (κ3) is 4.35. The van der Waals surface area contributed by atoms with Crippen LogP contribution in [-0.4, -0.2) is 36.1 Å². The molecule has 7 nitrogen and oxygen atoms in total. The summed E-state index contributed by atoms with van der Waals surface area (Å²) in [5.74, 6) is 0.972. The average molecular weight is 449 g/mol. The first kappa shape index (κ1) is 22.3. The highest BCUT2D eigenvalue weighted by Crippen LogP contribution is 2.36. The minimum absolute atomic E-state index is 0.0130. The third-order valence-corrected chi connectivity index (χ3v) is 7.96. The van der Waals surface area contributed by atoms with Crippen LogP contribution in [0.2, 0.25) is 0 Å². The Morgan fingerprint density at radius 2 is 1.76 bits per heavy atom. The first-order chi connectivity index (χ1) is 16.0. The highest BCUT2D eigenvalue weighted by atomic mass is 16.1. The number of pyridine rings is 1. The number of hydrogen-bond acceptors (Lipinski definition) is 5. The van der Waals surface area contributed by atoms with Crippen LogP contribution in [0.15, 0.2) is 23.0 Å². The van der Waals surface area contributed by atoms with E-state index in [2.05, 4.69) is 69.1 Å². The zero-order valence-electron chi connectivity index (χ0n) is 20.2. The van der Waals surface area contributed by atoms with Gasteiger partial charge in [0.1, 0.15) is 0 Å². The molecule has 2 saturated carbocycles. The summed E-state index contributed by atoms with van der Waals surface area (Å²) in [6, 6.07) is 7.33. The van der Waals surface area contributed by atoms with Gasteiger partial charge in [-0.05, 0) is 91.1 Å². The minimum Gasteiger partial charge on any atom is -0.322 e. The van der Waals surface area contributed by atoms with Gasteiger partial charge in [0.05, 0.1) is 12.1 Å². The van der Waals surface area contributed by atoms with Gasteiger partial charge in [0.2, 0.25) is 0 Å². The molecule has 0 bridgehead atoms. The van der Waals surface area contributed by atoms with Crippen LogP contribution in [0.25, 0.3) is 10.9 Å². The van der Waals surface area contributed by atoms with Gasteiger partial charge >= 0.3 is 0 Å². The van der Waals surface area contributed by atoms with Gasteiger partial charge in [-0.3, -0.25) is 9.69 Å². The monoisotopic (exact) mass is 448 g/mol. The van der Waals surface area contributed by atoms with E-state index in [-0.39, 0.29) is 11.6 Å². The molecular weight excluding hydrogens is 412 g/mol. The summed E-state index contributed by atoms with van der Waals surface area (Å²) in [6.45, 7) is 7.06. The molecule has 1 unspecified atom stereocenters. The van der Waals surface area contributed by atoms with Crippen molar-refractivity contribution in [3.05, 3.63) is 51.1 Å². The van der Waals surface area contributed by atoms with E-state index < -0.39 is 0 Å². The molecule has 176 valence electrons. The molecule has 1 N–H and O–H groups in total. The number of aryl methyl sites for hydroxylation is 2. The number of nitrogens with one attached hydrogen (secondary N) is 1. The molecule has 2 aromatic heterocycles. The molecule has 1 atom stereocenters. The second-order valence-electron chi connectivity index (χ2n) is 10.1. The normalized spacial score (nSPS) is 18.7. The highest BCUT2D eigenvalue weighted by molar-refractivity contribution is 5.80. The summed E-state index contributed by atoms with van der Waals surface area (Å²) < 4.78 is 2.10. The van der Waals surface area contributed by atoms with E-state index in [4.69, 9.17) is 0 Å². The van der Waals surface area contributed by atoms with Gasteiger partial charge in [-0.15, -0.1) is 5.10 Å². The van der Waals surface area contributed by atoms with Crippen LogP contribution in [-0.2, 0) is 6.54 Å². The fraction of sp³-hybridized carbons (Fsp3) is 0.615. The quantitative estimate of drug-likeness (QED) is 0.541. The number of benzene rings is 1. The second-order valence-corrected chi connectivity index (χ2v) is 10.1. The SMILES string of the molecule is CCC(c1nnnn1C1CCCC1)N(Cc1cc2cc(C)c(C)cc2[nH]c1=O)C1CCCC1. The summed E-state index contributed by atoms with van der Waals surface area (Å²) >= 11 is 0. The van der Waals surface area contributed by atoms with Gasteiger partial charge < -0.3 is 4.98 Å². The van der Waals surface area contributed by atoms with Crippen LogP contribution >= 0.6 is 0 Å². The lowest BCUT2D eigenvalue weighted by Gasteiger charge is -2.35. The summed E-state index contributed by atoms with van der Waals surface area (Å²) in [6.07, 6.45) is 10.6. The summed E-state index contributed by atoms with van der Waals surface area (Å²) in [5, 5.41) is 14.2. The van der Waals surface area contributed by atoms with Gasteiger partial charge in [-0.25, -0.2) is 4.68 Å². The number of fused-ring (bicyclic) bond motifs is 1. The van der Waals surface area contributed by atoms with Gasteiger partial charge in [0.15, 0.2) is 5.82 Å². The Hall–Kier alpha value is -2.54. The van der Waals surface area contributed by atoms with E-state index in [1.165, 1.54) is 49.7 Å². The molecule has 0 spiro atoms. The Kier molecular flexibility index (Phi) is 6.32. The molecule has 33 heavy (non-hydrogen) atoms. The van der Waals surface area contributed by atoms with Crippen LogP contribution in [0, 0.1) is 13.8 Å². The smallest absolute Gasteiger partial charge is 0.252 e. The van der Waals surface area contributed by atoms with E-state index in [1.54, 1.807) is 0 Å². The van der Waals surface area contributed by atoms with Gasteiger partial charge in [-0.1, -0.05) is 32.6 Å². The molecular formula is C26H36N6O. The van der Waals surface area contributed by atoms with E-state index in [0.29, 0.717) is 18.6 Å². The van der Waals surface area contributed by atoms with Crippen molar-refractivity contribution < 1.29 is 0 Å². The van der Waals surface area contributed by atoms with Crippen LogP contribution < -0.4 is 5.56 Å². The van der Waals surface area contributed by atoms with Crippen molar-refractivity contribution in [3.8, 4) is 0 Å². The van der Waals surface area contributed by atoms with E-state index >= 15 is 0 Å². The fourth-order valence-electron chi connectivity index (χ4n) is 5.96. The topological polar surface area (TPSA) is 79.7 Å². The number of aromatic nitrogens is 5. The lowest BCUT2D eigenvalue weighted by atomic mass is 10.0. The lowest BCUT2D eigenvalue weighted by molar-refractivity contribution is 0.110. The predicted octanol–water partition coefficient (Wildman–Crippen LogP) is 5.14. The predicted molar refractivity (Wildman–Crippen MR) is 130 cm³/mol. The van der Waals surface area contributed by atoms with Gasteiger partial charge in [-0.2, -0.15) is 0 Å². The number of tetrazole rings is 1. The molecule has 0 amide bonds. The highest BCUT2D eigenvalue weighted by Gasteiger charge is 2.34. The zero-order chi connectivity index (χ0) is 22.9. The molecule has 2 heterocycles. The fourth-order valence-corrected chi connectivity index (χ4v) is 5.96. The largest absolute Gasteiger partial charge is 0.322 e. The van der Waals surface area contributed by atoms with Gasteiger partial charge in [0, 0.05) is 23.7 Å².